The molecule has 128 valence electrons. The summed E-state index contributed by atoms with van der Waals surface area (Å²) in [6, 6.07) is 15.1. The van der Waals surface area contributed by atoms with E-state index in [2.05, 4.69) is 24.0 Å². The van der Waals surface area contributed by atoms with Crippen LogP contribution < -0.4 is 0 Å². The van der Waals surface area contributed by atoms with Gasteiger partial charge in [-0.15, -0.1) is 0 Å². The van der Waals surface area contributed by atoms with E-state index < -0.39 is 5.97 Å². The van der Waals surface area contributed by atoms with Gasteiger partial charge in [-0.25, -0.2) is 9.78 Å². The van der Waals surface area contributed by atoms with Gasteiger partial charge in [0.2, 0.25) is 0 Å². The average Bonchev–Trinajstić information content (AvgIpc) is 3.03. The maximum absolute atomic E-state index is 10.9. The molecular formula is C20H20N2O3. The van der Waals surface area contributed by atoms with E-state index in [0.29, 0.717) is 25.3 Å². The van der Waals surface area contributed by atoms with Crippen molar-refractivity contribution in [2.75, 3.05) is 0 Å². The Morgan fingerprint density at radius 3 is 2.64 bits per heavy atom. The fourth-order valence-corrected chi connectivity index (χ4v) is 2.61. The van der Waals surface area contributed by atoms with E-state index in [0.717, 1.165) is 16.8 Å². The van der Waals surface area contributed by atoms with Crippen molar-refractivity contribution in [2.45, 2.75) is 26.7 Å². The number of imidazole rings is 1. The SMILES string of the molecule is Cc1cccc(COCc2cn(Cc3ccc(C(=O)O)cc3)cn2)c1. The summed E-state index contributed by atoms with van der Waals surface area (Å²) >= 11 is 0. The predicted molar refractivity (Wildman–Crippen MR) is 94.4 cm³/mol. The molecule has 0 atom stereocenters. The Balaban J connectivity index is 1.52. The molecule has 3 aromatic rings. The van der Waals surface area contributed by atoms with E-state index in [9.17, 15) is 4.79 Å². The van der Waals surface area contributed by atoms with Crippen LogP contribution in [0, 0.1) is 6.92 Å². The first kappa shape index (κ1) is 16.9. The number of aryl methyl sites for hydroxylation is 1. The summed E-state index contributed by atoms with van der Waals surface area (Å²) < 4.78 is 7.68. The Kier molecular flexibility index (Phi) is 5.26. The third kappa shape index (κ3) is 4.78. The van der Waals surface area contributed by atoms with Gasteiger partial charge in [0, 0.05) is 12.7 Å². The van der Waals surface area contributed by atoms with Gasteiger partial charge in [0.05, 0.1) is 30.8 Å². The summed E-state index contributed by atoms with van der Waals surface area (Å²) in [5.74, 6) is -0.915. The lowest BCUT2D eigenvalue weighted by molar-refractivity contribution is 0.0697. The highest BCUT2D eigenvalue weighted by atomic mass is 16.5. The summed E-state index contributed by atoms with van der Waals surface area (Å²) in [6.45, 7) is 3.73. The van der Waals surface area contributed by atoms with Crippen LogP contribution in [-0.2, 0) is 24.5 Å². The Morgan fingerprint density at radius 1 is 1.12 bits per heavy atom. The second-order valence-corrected chi connectivity index (χ2v) is 6.02. The molecule has 1 aromatic heterocycles. The van der Waals surface area contributed by atoms with Crippen LogP contribution in [0.4, 0.5) is 0 Å². The molecule has 0 unspecified atom stereocenters. The fourth-order valence-electron chi connectivity index (χ4n) is 2.61. The van der Waals surface area contributed by atoms with Crippen molar-refractivity contribution >= 4 is 5.97 Å². The molecule has 0 aliphatic carbocycles. The number of carbonyl (C=O) groups is 1. The first-order chi connectivity index (χ1) is 12.1. The van der Waals surface area contributed by atoms with Crippen molar-refractivity contribution in [2.24, 2.45) is 0 Å². The number of aromatic carboxylic acids is 1. The van der Waals surface area contributed by atoms with Crippen LogP contribution in [0.1, 0.15) is 32.7 Å². The van der Waals surface area contributed by atoms with E-state index in [-0.39, 0.29) is 0 Å². The predicted octanol–water partition coefficient (Wildman–Crippen LogP) is 3.65. The van der Waals surface area contributed by atoms with Gasteiger partial charge in [-0.1, -0.05) is 42.0 Å². The number of nitrogens with zero attached hydrogens (tertiary/aromatic N) is 2. The minimum absolute atomic E-state index is 0.291. The Bertz CT molecular complexity index is 853. The minimum atomic E-state index is -0.915. The Hall–Kier alpha value is -2.92. The number of benzene rings is 2. The second-order valence-electron chi connectivity index (χ2n) is 6.02. The number of carboxylic acid groups (broad SMARTS) is 1. The molecule has 3 rings (SSSR count). The Labute approximate surface area is 146 Å². The van der Waals surface area contributed by atoms with Crippen LogP contribution in [0.15, 0.2) is 61.1 Å². The molecule has 1 heterocycles. The molecule has 0 spiro atoms. The van der Waals surface area contributed by atoms with Gasteiger partial charge in [-0.2, -0.15) is 0 Å². The van der Waals surface area contributed by atoms with Gasteiger partial charge in [-0.3, -0.25) is 0 Å². The molecule has 0 saturated carbocycles. The standard InChI is InChI=1S/C20H20N2O3/c1-15-3-2-4-17(9-15)12-25-13-19-11-22(14-21-19)10-16-5-7-18(8-6-16)20(23)24/h2-9,11,14H,10,12-13H2,1H3,(H,23,24). The average molecular weight is 336 g/mol. The monoisotopic (exact) mass is 336 g/mol. The number of rotatable bonds is 7. The lowest BCUT2D eigenvalue weighted by atomic mass is 10.1. The van der Waals surface area contributed by atoms with Crippen LogP contribution in [0.25, 0.3) is 0 Å². The van der Waals surface area contributed by atoms with Crippen LogP contribution in [-0.4, -0.2) is 20.6 Å². The summed E-state index contributed by atoms with van der Waals surface area (Å²) in [7, 11) is 0. The molecule has 0 aliphatic heterocycles. The zero-order chi connectivity index (χ0) is 17.6. The summed E-state index contributed by atoms with van der Waals surface area (Å²) in [5, 5.41) is 8.92. The fraction of sp³-hybridized carbons (Fsp3) is 0.200. The number of carboxylic acids is 1. The molecule has 1 N–H and O–H groups in total. The molecule has 2 aromatic carbocycles. The van der Waals surface area contributed by atoms with Gasteiger partial charge in [0.25, 0.3) is 0 Å². The van der Waals surface area contributed by atoms with Gasteiger partial charge in [0.1, 0.15) is 0 Å². The first-order valence-electron chi connectivity index (χ1n) is 8.06. The molecule has 0 saturated heterocycles. The van der Waals surface area contributed by atoms with E-state index in [4.69, 9.17) is 9.84 Å². The first-order valence-corrected chi connectivity index (χ1v) is 8.06. The largest absolute Gasteiger partial charge is 0.478 e. The molecule has 5 nitrogen and oxygen atoms in total. The quantitative estimate of drug-likeness (QED) is 0.715. The van der Waals surface area contributed by atoms with Crippen LogP contribution >= 0.6 is 0 Å². The summed E-state index contributed by atoms with van der Waals surface area (Å²) in [5.41, 5.74) is 4.56. The number of ether oxygens (including phenoxy) is 1. The maximum Gasteiger partial charge on any atom is 0.335 e. The number of hydrogen-bond acceptors (Lipinski definition) is 3. The zero-order valence-corrected chi connectivity index (χ0v) is 14.1. The van der Waals surface area contributed by atoms with E-state index >= 15 is 0 Å². The molecule has 0 amide bonds. The summed E-state index contributed by atoms with van der Waals surface area (Å²) in [6.07, 6.45) is 3.71. The lowest BCUT2D eigenvalue weighted by Gasteiger charge is -2.04. The van der Waals surface area contributed by atoms with Gasteiger partial charge < -0.3 is 14.4 Å². The van der Waals surface area contributed by atoms with Crippen LogP contribution in [0.5, 0.6) is 0 Å². The van der Waals surface area contributed by atoms with Crippen molar-refractivity contribution in [1.82, 2.24) is 9.55 Å². The summed E-state index contributed by atoms with van der Waals surface area (Å²) in [4.78, 5) is 15.2. The Morgan fingerprint density at radius 2 is 1.92 bits per heavy atom. The van der Waals surface area contributed by atoms with Crippen molar-refractivity contribution in [3.8, 4) is 0 Å². The third-order valence-electron chi connectivity index (χ3n) is 3.85. The van der Waals surface area contributed by atoms with Crippen molar-refractivity contribution in [3.05, 3.63) is 89.0 Å². The highest BCUT2D eigenvalue weighted by Gasteiger charge is 2.04. The number of aromatic nitrogens is 2. The molecule has 25 heavy (non-hydrogen) atoms. The van der Waals surface area contributed by atoms with Gasteiger partial charge >= 0.3 is 5.97 Å². The molecule has 0 bridgehead atoms. The van der Waals surface area contributed by atoms with Crippen molar-refractivity contribution in [3.63, 3.8) is 0 Å². The van der Waals surface area contributed by atoms with Gasteiger partial charge in [0.15, 0.2) is 0 Å². The van der Waals surface area contributed by atoms with Crippen LogP contribution in [0.3, 0.4) is 0 Å². The smallest absolute Gasteiger partial charge is 0.335 e. The second kappa shape index (κ2) is 7.77. The van der Waals surface area contributed by atoms with Crippen molar-refractivity contribution < 1.29 is 14.6 Å². The van der Waals surface area contributed by atoms with E-state index in [1.165, 1.54) is 5.56 Å². The highest BCUT2D eigenvalue weighted by Crippen LogP contribution is 2.09. The van der Waals surface area contributed by atoms with Gasteiger partial charge in [-0.05, 0) is 30.2 Å². The minimum Gasteiger partial charge on any atom is -0.478 e. The van der Waals surface area contributed by atoms with Crippen LogP contribution in [0.2, 0.25) is 0 Å². The normalized spacial score (nSPS) is 10.8. The van der Waals surface area contributed by atoms with Crippen molar-refractivity contribution in [1.29, 1.82) is 0 Å². The molecular weight excluding hydrogens is 316 g/mol. The molecule has 0 fully saturated rings. The van der Waals surface area contributed by atoms with E-state index in [1.54, 1.807) is 18.5 Å². The third-order valence-corrected chi connectivity index (χ3v) is 3.85. The molecule has 0 radical (unpaired) electrons. The highest BCUT2D eigenvalue weighted by molar-refractivity contribution is 5.87. The maximum atomic E-state index is 10.9. The zero-order valence-electron chi connectivity index (χ0n) is 14.1. The lowest BCUT2D eigenvalue weighted by Crippen LogP contribution is -1.99. The molecule has 5 heteroatoms. The molecule has 0 aliphatic rings. The topological polar surface area (TPSA) is 64.3 Å². The van der Waals surface area contributed by atoms with E-state index in [1.807, 2.05) is 35.0 Å². The number of hydrogen-bond donors (Lipinski definition) is 1.